The number of fused-ring (bicyclic) bond motifs is 1. The molecule has 0 fully saturated rings. The second-order valence-corrected chi connectivity index (χ2v) is 5.87. The first-order valence-electron chi connectivity index (χ1n) is 7.63. The summed E-state index contributed by atoms with van der Waals surface area (Å²) in [5.41, 5.74) is 5.78. The topological polar surface area (TPSA) is 29.5 Å². The number of hydrogen-bond donors (Lipinski definition) is 1. The number of ether oxygens (including phenoxy) is 1. The Labute approximate surface area is 126 Å². The monoisotopic (exact) mass is 282 g/mol. The molecule has 0 spiro atoms. The zero-order chi connectivity index (χ0) is 14.8. The largest absolute Gasteiger partial charge is 0.496 e. The normalized spacial score (nSPS) is 15.4. The molecule has 2 aromatic carbocycles. The molecule has 0 saturated heterocycles. The Morgan fingerprint density at radius 1 is 0.952 bits per heavy atom. The summed E-state index contributed by atoms with van der Waals surface area (Å²) in [6.07, 6.45) is 4.25. The lowest BCUT2D eigenvalue weighted by Crippen LogP contribution is -2.06. The van der Waals surface area contributed by atoms with E-state index in [9.17, 15) is 5.11 Å². The molecule has 110 valence electrons. The third-order valence-corrected chi connectivity index (χ3v) is 4.44. The zero-order valence-corrected chi connectivity index (χ0v) is 12.7. The first-order valence-corrected chi connectivity index (χ1v) is 7.63. The van der Waals surface area contributed by atoms with Crippen LogP contribution in [0.1, 0.15) is 46.8 Å². The molecule has 0 aromatic heterocycles. The molecular weight excluding hydrogens is 260 g/mol. The van der Waals surface area contributed by atoms with Crippen LogP contribution >= 0.6 is 0 Å². The van der Waals surface area contributed by atoms with Crippen LogP contribution < -0.4 is 4.74 Å². The fraction of sp³-hybridized carbons (Fsp3) is 0.368. The van der Waals surface area contributed by atoms with E-state index in [1.165, 1.54) is 30.4 Å². The van der Waals surface area contributed by atoms with Gasteiger partial charge in [-0.3, -0.25) is 0 Å². The highest BCUT2D eigenvalue weighted by atomic mass is 16.5. The number of rotatable bonds is 3. The van der Waals surface area contributed by atoms with Crippen LogP contribution in [0.15, 0.2) is 36.4 Å². The second kappa shape index (κ2) is 5.90. The summed E-state index contributed by atoms with van der Waals surface area (Å²) in [7, 11) is 1.66. The van der Waals surface area contributed by atoms with Gasteiger partial charge in [0.05, 0.1) is 7.11 Å². The minimum Gasteiger partial charge on any atom is -0.496 e. The molecule has 0 heterocycles. The van der Waals surface area contributed by atoms with Gasteiger partial charge < -0.3 is 9.84 Å². The molecule has 1 aliphatic carbocycles. The van der Waals surface area contributed by atoms with Crippen LogP contribution in [-0.4, -0.2) is 12.2 Å². The van der Waals surface area contributed by atoms with Crippen molar-refractivity contribution in [2.45, 2.75) is 38.7 Å². The van der Waals surface area contributed by atoms with Gasteiger partial charge in [0.15, 0.2) is 0 Å². The fourth-order valence-electron chi connectivity index (χ4n) is 3.12. The van der Waals surface area contributed by atoms with E-state index < -0.39 is 6.10 Å². The number of aryl methyl sites for hydroxylation is 3. The molecule has 1 unspecified atom stereocenters. The van der Waals surface area contributed by atoms with Crippen molar-refractivity contribution in [1.82, 2.24) is 0 Å². The highest BCUT2D eigenvalue weighted by Crippen LogP contribution is 2.30. The Bertz CT molecular complexity index is 646. The van der Waals surface area contributed by atoms with Gasteiger partial charge in [-0.1, -0.05) is 30.3 Å². The van der Waals surface area contributed by atoms with Crippen LogP contribution in [0, 0.1) is 6.92 Å². The van der Waals surface area contributed by atoms with Crippen LogP contribution in [0.2, 0.25) is 0 Å². The van der Waals surface area contributed by atoms with E-state index in [4.69, 9.17) is 4.74 Å². The lowest BCUT2D eigenvalue weighted by Gasteiger charge is -2.19. The molecule has 21 heavy (non-hydrogen) atoms. The van der Waals surface area contributed by atoms with E-state index in [1.54, 1.807) is 7.11 Å². The summed E-state index contributed by atoms with van der Waals surface area (Å²) in [5.74, 6) is 0.824. The summed E-state index contributed by atoms with van der Waals surface area (Å²) in [6.45, 7) is 2.01. The maximum absolute atomic E-state index is 10.6. The molecule has 2 nitrogen and oxygen atoms in total. The van der Waals surface area contributed by atoms with Crippen LogP contribution in [0.4, 0.5) is 0 Å². The van der Waals surface area contributed by atoms with Crippen molar-refractivity contribution in [2.24, 2.45) is 0 Å². The average Bonchev–Trinajstić information content (AvgIpc) is 2.54. The van der Waals surface area contributed by atoms with Gasteiger partial charge in [0.25, 0.3) is 0 Å². The van der Waals surface area contributed by atoms with E-state index in [0.717, 1.165) is 28.9 Å². The first-order chi connectivity index (χ1) is 10.2. The molecular formula is C19H22O2. The SMILES string of the molecule is COc1cc(C(O)c2ccc3c(c2)CCCC3)ccc1C. The van der Waals surface area contributed by atoms with Gasteiger partial charge >= 0.3 is 0 Å². The number of benzene rings is 2. The van der Waals surface area contributed by atoms with Crippen molar-refractivity contribution < 1.29 is 9.84 Å². The van der Waals surface area contributed by atoms with Crippen molar-refractivity contribution in [1.29, 1.82) is 0 Å². The first kappa shape index (κ1) is 14.2. The van der Waals surface area contributed by atoms with E-state index in [-0.39, 0.29) is 0 Å². The molecule has 1 atom stereocenters. The maximum atomic E-state index is 10.6. The standard InChI is InChI=1S/C19H22O2/c1-13-7-8-17(12-18(13)21-2)19(20)16-10-9-14-5-3-4-6-15(14)11-16/h7-12,19-20H,3-6H2,1-2H3. The molecule has 0 amide bonds. The maximum Gasteiger partial charge on any atom is 0.122 e. The predicted molar refractivity (Wildman–Crippen MR) is 84.9 cm³/mol. The quantitative estimate of drug-likeness (QED) is 0.923. The number of methoxy groups -OCH3 is 1. The Morgan fingerprint density at radius 2 is 1.62 bits per heavy atom. The van der Waals surface area contributed by atoms with Gasteiger partial charge in [-0.05, 0) is 66.5 Å². The Morgan fingerprint density at radius 3 is 2.38 bits per heavy atom. The third-order valence-electron chi connectivity index (χ3n) is 4.44. The molecule has 3 rings (SSSR count). The van der Waals surface area contributed by atoms with E-state index >= 15 is 0 Å². The van der Waals surface area contributed by atoms with Gasteiger partial charge in [0.2, 0.25) is 0 Å². The Balaban J connectivity index is 1.92. The summed E-state index contributed by atoms with van der Waals surface area (Å²) in [5, 5.41) is 10.6. The van der Waals surface area contributed by atoms with Gasteiger partial charge in [-0.2, -0.15) is 0 Å². The zero-order valence-electron chi connectivity index (χ0n) is 12.7. The van der Waals surface area contributed by atoms with Crippen LogP contribution in [0.3, 0.4) is 0 Å². The minimum absolute atomic E-state index is 0.591. The van der Waals surface area contributed by atoms with Crippen LogP contribution in [0.25, 0.3) is 0 Å². The van der Waals surface area contributed by atoms with Crippen molar-refractivity contribution in [3.8, 4) is 5.75 Å². The van der Waals surface area contributed by atoms with Crippen LogP contribution in [-0.2, 0) is 12.8 Å². The van der Waals surface area contributed by atoms with Crippen molar-refractivity contribution in [2.75, 3.05) is 7.11 Å². The molecule has 2 aromatic rings. The molecule has 1 N–H and O–H groups in total. The van der Waals surface area contributed by atoms with E-state index in [1.807, 2.05) is 25.1 Å². The molecule has 2 heteroatoms. The third kappa shape index (κ3) is 2.81. The minimum atomic E-state index is -0.591. The van der Waals surface area contributed by atoms with Gasteiger partial charge in [-0.25, -0.2) is 0 Å². The number of aliphatic hydroxyl groups is 1. The van der Waals surface area contributed by atoms with Crippen LogP contribution in [0.5, 0.6) is 5.75 Å². The number of hydrogen-bond acceptors (Lipinski definition) is 2. The van der Waals surface area contributed by atoms with Crippen molar-refractivity contribution in [3.05, 3.63) is 64.2 Å². The van der Waals surface area contributed by atoms with Gasteiger partial charge in [0, 0.05) is 0 Å². The Hall–Kier alpha value is -1.80. The molecule has 0 aliphatic heterocycles. The number of aliphatic hydroxyl groups excluding tert-OH is 1. The smallest absolute Gasteiger partial charge is 0.122 e. The molecule has 0 radical (unpaired) electrons. The summed E-state index contributed by atoms with van der Waals surface area (Å²) in [4.78, 5) is 0. The molecule has 0 bridgehead atoms. The fourth-order valence-corrected chi connectivity index (χ4v) is 3.12. The lowest BCUT2D eigenvalue weighted by atomic mass is 9.88. The summed E-state index contributed by atoms with van der Waals surface area (Å²) in [6, 6.07) is 12.3. The molecule has 0 saturated carbocycles. The Kier molecular flexibility index (Phi) is 3.98. The predicted octanol–water partition coefficient (Wildman–Crippen LogP) is 3.96. The van der Waals surface area contributed by atoms with Gasteiger partial charge in [0.1, 0.15) is 11.9 Å². The highest BCUT2D eigenvalue weighted by Gasteiger charge is 2.15. The van der Waals surface area contributed by atoms with Gasteiger partial charge in [-0.15, -0.1) is 0 Å². The van der Waals surface area contributed by atoms with Crippen molar-refractivity contribution in [3.63, 3.8) is 0 Å². The second-order valence-electron chi connectivity index (χ2n) is 5.87. The highest BCUT2D eigenvalue weighted by molar-refractivity contribution is 5.42. The van der Waals surface area contributed by atoms with Crippen molar-refractivity contribution >= 4 is 0 Å². The molecule has 1 aliphatic rings. The average molecular weight is 282 g/mol. The lowest BCUT2D eigenvalue weighted by molar-refractivity contribution is 0.219. The summed E-state index contributed by atoms with van der Waals surface area (Å²) < 4.78 is 5.35. The van der Waals surface area contributed by atoms with E-state index in [2.05, 4.69) is 18.2 Å². The van der Waals surface area contributed by atoms with E-state index in [0.29, 0.717) is 0 Å². The summed E-state index contributed by atoms with van der Waals surface area (Å²) >= 11 is 0.